The summed E-state index contributed by atoms with van der Waals surface area (Å²) >= 11 is 0. The van der Waals surface area contributed by atoms with E-state index in [-0.39, 0.29) is 0 Å². The molecular formula is C20H15N. The minimum absolute atomic E-state index is 0.627. The fourth-order valence-electron chi connectivity index (χ4n) is 3.37. The lowest BCUT2D eigenvalue weighted by molar-refractivity contribution is 0.856. The van der Waals surface area contributed by atoms with Crippen molar-refractivity contribution in [2.24, 2.45) is 0 Å². The highest BCUT2D eigenvalue weighted by Crippen LogP contribution is 2.36. The van der Waals surface area contributed by atoms with Gasteiger partial charge in [-0.3, -0.25) is 0 Å². The molecule has 0 bridgehead atoms. The normalized spacial score (nSPS) is 11.4. The van der Waals surface area contributed by atoms with Gasteiger partial charge in [0.15, 0.2) is 0 Å². The Hall–Kier alpha value is -2.59. The third kappa shape index (κ3) is 1.84. The zero-order valence-electron chi connectivity index (χ0n) is 11.8. The van der Waals surface area contributed by atoms with Crippen LogP contribution in [0.25, 0.3) is 32.3 Å². The number of rotatable bonds is 3. The van der Waals surface area contributed by atoms with E-state index < -0.39 is 0 Å². The molecule has 0 fully saturated rings. The average molecular weight is 269 g/mol. The first-order chi connectivity index (χ1) is 10.4. The average Bonchev–Trinajstić information content (AvgIpc) is 2.54. The van der Waals surface area contributed by atoms with Crippen LogP contribution in [0.2, 0.25) is 0 Å². The fourth-order valence-corrected chi connectivity index (χ4v) is 3.37. The molecular weight excluding hydrogens is 254 g/mol. The van der Waals surface area contributed by atoms with Gasteiger partial charge in [-0.25, -0.2) is 0 Å². The summed E-state index contributed by atoms with van der Waals surface area (Å²) in [5, 5.41) is 16.7. The van der Waals surface area contributed by atoms with E-state index in [0.29, 0.717) is 6.42 Å². The molecule has 0 unspecified atom stereocenters. The standard InChI is InChI=1S/C20H15N/c21-13-2-1-4-14-7-8-17-10-9-15-5-3-6-16-11-12-18(14)20(17)19(15)16/h3,5-12H,1-2,4H2. The number of hydrogen-bond donors (Lipinski definition) is 0. The Morgan fingerprint density at radius 1 is 0.762 bits per heavy atom. The van der Waals surface area contributed by atoms with E-state index in [1.807, 2.05) is 0 Å². The molecule has 0 aromatic heterocycles. The first-order valence-corrected chi connectivity index (χ1v) is 7.41. The van der Waals surface area contributed by atoms with Crippen LogP contribution in [-0.2, 0) is 6.42 Å². The second kappa shape index (κ2) is 4.75. The zero-order valence-corrected chi connectivity index (χ0v) is 11.8. The lowest BCUT2D eigenvalue weighted by atomic mass is 9.91. The SMILES string of the molecule is N#CCCCc1ccc2ccc3cccc4ccc1c2c34. The maximum atomic E-state index is 8.73. The fraction of sp³-hybridized carbons (Fsp3) is 0.150. The molecule has 0 atom stereocenters. The monoisotopic (exact) mass is 269 g/mol. The summed E-state index contributed by atoms with van der Waals surface area (Å²) in [6.45, 7) is 0. The second-order valence-electron chi connectivity index (χ2n) is 5.59. The zero-order chi connectivity index (χ0) is 14.2. The highest BCUT2D eigenvalue weighted by Gasteiger charge is 2.10. The van der Waals surface area contributed by atoms with Crippen LogP contribution in [0.5, 0.6) is 0 Å². The summed E-state index contributed by atoms with van der Waals surface area (Å²) in [6.07, 6.45) is 2.53. The quantitative estimate of drug-likeness (QED) is 0.359. The Morgan fingerprint density at radius 2 is 1.43 bits per heavy atom. The third-order valence-electron chi connectivity index (χ3n) is 4.35. The third-order valence-corrected chi connectivity index (χ3v) is 4.35. The second-order valence-corrected chi connectivity index (χ2v) is 5.59. The highest BCUT2D eigenvalue weighted by molar-refractivity contribution is 6.23. The molecule has 0 heterocycles. The van der Waals surface area contributed by atoms with E-state index in [2.05, 4.69) is 60.7 Å². The Bertz CT molecular complexity index is 960. The van der Waals surface area contributed by atoms with Crippen molar-refractivity contribution in [2.75, 3.05) is 0 Å². The number of hydrogen-bond acceptors (Lipinski definition) is 1. The van der Waals surface area contributed by atoms with Crippen LogP contribution >= 0.6 is 0 Å². The lowest BCUT2D eigenvalue weighted by Crippen LogP contribution is -1.90. The Morgan fingerprint density at radius 3 is 2.19 bits per heavy atom. The van der Waals surface area contributed by atoms with Gasteiger partial charge in [0, 0.05) is 6.42 Å². The summed E-state index contributed by atoms with van der Waals surface area (Å²) < 4.78 is 0. The smallest absolute Gasteiger partial charge is 0.0621 e. The number of benzene rings is 4. The van der Waals surface area contributed by atoms with Crippen LogP contribution in [-0.4, -0.2) is 0 Å². The van der Waals surface area contributed by atoms with Crippen LogP contribution in [0, 0.1) is 11.3 Å². The molecule has 0 aliphatic rings. The van der Waals surface area contributed by atoms with E-state index in [1.165, 1.54) is 37.9 Å². The van der Waals surface area contributed by atoms with Gasteiger partial charge in [0.1, 0.15) is 0 Å². The summed E-state index contributed by atoms with van der Waals surface area (Å²) in [7, 11) is 0. The predicted octanol–water partition coefficient (Wildman–Crippen LogP) is 5.43. The van der Waals surface area contributed by atoms with Gasteiger partial charge in [-0.05, 0) is 50.7 Å². The van der Waals surface area contributed by atoms with Gasteiger partial charge in [0.2, 0.25) is 0 Å². The molecule has 1 nitrogen and oxygen atoms in total. The highest BCUT2D eigenvalue weighted by atomic mass is 14.2. The van der Waals surface area contributed by atoms with Gasteiger partial charge in [0.05, 0.1) is 6.07 Å². The molecule has 1 heteroatoms. The van der Waals surface area contributed by atoms with Crippen LogP contribution < -0.4 is 0 Å². The summed E-state index contributed by atoms with van der Waals surface area (Å²) in [6, 6.07) is 22.0. The van der Waals surface area contributed by atoms with E-state index in [9.17, 15) is 0 Å². The molecule has 0 N–H and O–H groups in total. The van der Waals surface area contributed by atoms with E-state index in [4.69, 9.17) is 5.26 Å². The number of unbranched alkanes of at least 4 members (excludes halogenated alkanes) is 1. The van der Waals surface area contributed by atoms with Crippen LogP contribution in [0.4, 0.5) is 0 Å². The van der Waals surface area contributed by atoms with Crippen LogP contribution in [0.3, 0.4) is 0 Å². The van der Waals surface area contributed by atoms with Gasteiger partial charge >= 0.3 is 0 Å². The molecule has 0 amide bonds. The molecule has 0 aliphatic carbocycles. The molecule has 0 saturated carbocycles. The summed E-state index contributed by atoms with van der Waals surface area (Å²) in [5.74, 6) is 0. The predicted molar refractivity (Wildman–Crippen MR) is 88.7 cm³/mol. The lowest BCUT2D eigenvalue weighted by Gasteiger charge is -2.13. The first-order valence-electron chi connectivity index (χ1n) is 7.41. The number of nitriles is 1. The van der Waals surface area contributed by atoms with E-state index in [0.717, 1.165) is 12.8 Å². The molecule has 4 rings (SSSR count). The Kier molecular flexibility index (Phi) is 2.75. The minimum Gasteiger partial charge on any atom is -0.198 e. The van der Waals surface area contributed by atoms with Gasteiger partial charge in [-0.15, -0.1) is 0 Å². The molecule has 21 heavy (non-hydrogen) atoms. The maximum Gasteiger partial charge on any atom is 0.0621 e. The van der Waals surface area contributed by atoms with Gasteiger partial charge in [0.25, 0.3) is 0 Å². The maximum absolute atomic E-state index is 8.73. The molecule has 0 spiro atoms. The molecule has 0 radical (unpaired) electrons. The van der Waals surface area contributed by atoms with E-state index >= 15 is 0 Å². The molecule has 100 valence electrons. The van der Waals surface area contributed by atoms with Crippen molar-refractivity contribution in [3.05, 3.63) is 60.2 Å². The molecule has 0 saturated heterocycles. The van der Waals surface area contributed by atoms with E-state index in [1.54, 1.807) is 0 Å². The van der Waals surface area contributed by atoms with Crippen molar-refractivity contribution in [1.82, 2.24) is 0 Å². The Balaban J connectivity index is 2.04. The summed E-state index contributed by atoms with van der Waals surface area (Å²) in [5.41, 5.74) is 1.36. The first kappa shape index (κ1) is 12.2. The number of aryl methyl sites for hydroxylation is 1. The minimum atomic E-state index is 0.627. The summed E-state index contributed by atoms with van der Waals surface area (Å²) in [4.78, 5) is 0. The van der Waals surface area contributed by atoms with Crippen molar-refractivity contribution in [1.29, 1.82) is 5.26 Å². The van der Waals surface area contributed by atoms with Crippen molar-refractivity contribution >= 4 is 32.3 Å². The van der Waals surface area contributed by atoms with Gasteiger partial charge in [-0.1, -0.05) is 54.6 Å². The van der Waals surface area contributed by atoms with Crippen molar-refractivity contribution < 1.29 is 0 Å². The Labute approximate surface area is 123 Å². The van der Waals surface area contributed by atoms with Crippen molar-refractivity contribution in [2.45, 2.75) is 19.3 Å². The topological polar surface area (TPSA) is 23.8 Å². The van der Waals surface area contributed by atoms with Crippen LogP contribution in [0.15, 0.2) is 54.6 Å². The van der Waals surface area contributed by atoms with Crippen LogP contribution in [0.1, 0.15) is 18.4 Å². The number of nitrogens with zero attached hydrogens (tertiary/aromatic N) is 1. The van der Waals surface area contributed by atoms with Crippen molar-refractivity contribution in [3.8, 4) is 6.07 Å². The van der Waals surface area contributed by atoms with Crippen molar-refractivity contribution in [3.63, 3.8) is 0 Å². The largest absolute Gasteiger partial charge is 0.198 e. The van der Waals surface area contributed by atoms with Gasteiger partial charge in [-0.2, -0.15) is 5.26 Å². The molecule has 4 aromatic rings. The molecule has 4 aromatic carbocycles. The molecule has 0 aliphatic heterocycles. The van der Waals surface area contributed by atoms with Gasteiger partial charge < -0.3 is 0 Å².